The van der Waals surface area contributed by atoms with Crippen LogP contribution in [0.3, 0.4) is 0 Å². The molecular weight excluding hydrogens is 362 g/mol. The van der Waals surface area contributed by atoms with Gasteiger partial charge in [-0.3, -0.25) is 4.79 Å². The van der Waals surface area contributed by atoms with Gasteiger partial charge >= 0.3 is 5.97 Å². The number of halogens is 1. The molecule has 0 saturated carbocycles. The van der Waals surface area contributed by atoms with Crippen LogP contribution < -0.4 is 5.73 Å². The number of esters is 1. The molecule has 1 rings (SSSR count). The van der Waals surface area contributed by atoms with Crippen molar-refractivity contribution in [2.75, 3.05) is 13.7 Å². The molecular formula is C17H22ClN3O3S. The molecule has 0 fully saturated rings. The SMILES string of the molecule is CN(C(=O)[C@@H](N)C(C)(C)S)[C@@H](Cc1cccc(Cl)c1)C(=O)OCC#N. The van der Waals surface area contributed by atoms with Crippen molar-refractivity contribution < 1.29 is 14.3 Å². The molecule has 8 heteroatoms. The lowest BCUT2D eigenvalue weighted by atomic mass is 10.00. The summed E-state index contributed by atoms with van der Waals surface area (Å²) >= 11 is 10.3. The lowest BCUT2D eigenvalue weighted by Gasteiger charge is -2.33. The number of rotatable bonds is 7. The maximum atomic E-state index is 12.6. The number of nitriles is 1. The normalized spacial score (nSPS) is 13.5. The third kappa shape index (κ3) is 6.24. The van der Waals surface area contributed by atoms with Crippen LogP contribution in [-0.2, 0) is 20.7 Å². The van der Waals surface area contributed by atoms with Gasteiger partial charge in [0.2, 0.25) is 5.91 Å². The highest BCUT2D eigenvalue weighted by molar-refractivity contribution is 7.81. The fourth-order valence-electron chi connectivity index (χ4n) is 2.14. The zero-order valence-electron chi connectivity index (χ0n) is 14.4. The van der Waals surface area contributed by atoms with E-state index in [1.54, 1.807) is 44.2 Å². The lowest BCUT2D eigenvalue weighted by Crippen LogP contribution is -2.56. The number of carbonyl (C=O) groups excluding carboxylic acids is 2. The average molecular weight is 384 g/mol. The second kappa shape index (κ2) is 9.09. The quantitative estimate of drug-likeness (QED) is 0.553. The van der Waals surface area contributed by atoms with Gasteiger partial charge < -0.3 is 15.4 Å². The van der Waals surface area contributed by atoms with E-state index in [-0.39, 0.29) is 6.42 Å². The van der Waals surface area contributed by atoms with Gasteiger partial charge in [-0.25, -0.2) is 4.79 Å². The highest BCUT2D eigenvalue weighted by Crippen LogP contribution is 2.20. The first-order valence-corrected chi connectivity index (χ1v) is 8.43. The molecule has 0 unspecified atom stereocenters. The van der Waals surface area contributed by atoms with Crippen molar-refractivity contribution >= 4 is 36.1 Å². The standard InChI is InChI=1S/C17H22ClN3O3S/c1-17(2,25)14(20)15(22)21(3)13(16(23)24-8-7-19)10-11-5-4-6-12(18)9-11/h4-6,9,13-14,25H,8,10,20H2,1-3H3/t13-,14+/m0/s1. The van der Waals surface area contributed by atoms with Gasteiger partial charge in [0.1, 0.15) is 12.1 Å². The summed E-state index contributed by atoms with van der Waals surface area (Å²) in [6.07, 6.45) is 0.187. The van der Waals surface area contributed by atoms with E-state index in [9.17, 15) is 9.59 Å². The second-order valence-corrected chi connectivity index (χ2v) is 7.79. The van der Waals surface area contributed by atoms with Crippen LogP contribution in [0.25, 0.3) is 0 Å². The van der Waals surface area contributed by atoms with Gasteiger partial charge in [0.15, 0.2) is 6.61 Å². The molecule has 0 aliphatic carbocycles. The summed E-state index contributed by atoms with van der Waals surface area (Å²) in [4.78, 5) is 26.2. The third-order valence-electron chi connectivity index (χ3n) is 3.71. The number of amides is 1. The number of nitrogens with zero attached hydrogens (tertiary/aromatic N) is 2. The number of likely N-dealkylation sites (N-methyl/N-ethyl adjacent to an activating group) is 1. The molecule has 1 aromatic rings. The maximum Gasteiger partial charge on any atom is 0.330 e. The van der Waals surface area contributed by atoms with Crippen LogP contribution in [0.5, 0.6) is 0 Å². The van der Waals surface area contributed by atoms with E-state index in [0.717, 1.165) is 5.56 Å². The van der Waals surface area contributed by atoms with Crippen LogP contribution in [-0.4, -0.2) is 47.3 Å². The van der Waals surface area contributed by atoms with E-state index in [2.05, 4.69) is 12.6 Å². The first kappa shape index (κ1) is 21.3. The largest absolute Gasteiger partial charge is 0.449 e. The second-order valence-electron chi connectivity index (χ2n) is 6.20. The van der Waals surface area contributed by atoms with Crippen molar-refractivity contribution in [3.05, 3.63) is 34.9 Å². The Balaban J connectivity index is 3.06. The molecule has 0 aliphatic rings. The van der Waals surface area contributed by atoms with Crippen molar-refractivity contribution in [1.82, 2.24) is 4.90 Å². The number of thiol groups is 1. The first-order chi connectivity index (χ1) is 11.6. The maximum absolute atomic E-state index is 12.6. The highest BCUT2D eigenvalue weighted by atomic mass is 35.5. The lowest BCUT2D eigenvalue weighted by molar-refractivity contribution is -0.153. The smallest absolute Gasteiger partial charge is 0.330 e. The van der Waals surface area contributed by atoms with Gasteiger partial charge in [0.25, 0.3) is 0 Å². The monoisotopic (exact) mass is 383 g/mol. The molecule has 2 atom stereocenters. The average Bonchev–Trinajstić information content (AvgIpc) is 2.54. The van der Waals surface area contributed by atoms with Gasteiger partial charge in [0.05, 0.1) is 6.04 Å². The van der Waals surface area contributed by atoms with E-state index in [4.69, 9.17) is 27.3 Å². The number of benzene rings is 1. The fraction of sp³-hybridized carbons (Fsp3) is 0.471. The minimum atomic E-state index is -0.930. The summed E-state index contributed by atoms with van der Waals surface area (Å²) in [5.41, 5.74) is 6.71. The molecule has 0 saturated heterocycles. The fourth-order valence-corrected chi connectivity index (χ4v) is 2.46. The highest BCUT2D eigenvalue weighted by Gasteiger charge is 2.36. The van der Waals surface area contributed by atoms with Crippen molar-refractivity contribution in [1.29, 1.82) is 5.26 Å². The minimum absolute atomic E-state index is 0.187. The Kier molecular flexibility index (Phi) is 7.74. The van der Waals surface area contributed by atoms with E-state index in [1.165, 1.54) is 11.9 Å². The molecule has 1 amide bonds. The Morgan fingerprint density at radius 3 is 2.64 bits per heavy atom. The number of ether oxygens (including phenoxy) is 1. The molecule has 0 radical (unpaired) electrons. The number of nitrogens with two attached hydrogens (primary N) is 1. The van der Waals surface area contributed by atoms with Gasteiger partial charge in [0, 0.05) is 23.2 Å². The summed E-state index contributed by atoms with van der Waals surface area (Å²) in [5.74, 6) is -1.12. The van der Waals surface area contributed by atoms with Gasteiger partial charge in [-0.05, 0) is 31.5 Å². The van der Waals surface area contributed by atoms with Crippen molar-refractivity contribution in [2.45, 2.75) is 37.1 Å². The summed E-state index contributed by atoms with van der Waals surface area (Å²) in [5, 5.41) is 9.13. The van der Waals surface area contributed by atoms with Crippen molar-refractivity contribution in [3.63, 3.8) is 0 Å². The Morgan fingerprint density at radius 2 is 2.12 bits per heavy atom. The third-order valence-corrected chi connectivity index (χ3v) is 4.22. The van der Waals surface area contributed by atoms with Crippen LogP contribution in [0, 0.1) is 11.3 Å². The van der Waals surface area contributed by atoms with Crippen LogP contribution in [0.15, 0.2) is 24.3 Å². The van der Waals surface area contributed by atoms with Gasteiger partial charge in [-0.15, -0.1) is 0 Å². The zero-order chi connectivity index (χ0) is 19.2. The molecule has 1 aromatic carbocycles. The predicted octanol–water partition coefficient (Wildman–Crippen LogP) is 1.81. The van der Waals surface area contributed by atoms with E-state index >= 15 is 0 Å². The summed E-state index contributed by atoms with van der Waals surface area (Å²) < 4.78 is 4.14. The Bertz CT molecular complexity index is 670. The summed E-state index contributed by atoms with van der Waals surface area (Å²) in [6, 6.07) is 6.85. The molecule has 0 bridgehead atoms. The number of carbonyl (C=O) groups is 2. The Labute approximate surface area is 158 Å². The van der Waals surface area contributed by atoms with E-state index < -0.39 is 35.3 Å². The molecule has 0 aromatic heterocycles. The van der Waals surface area contributed by atoms with Crippen LogP contribution in [0.4, 0.5) is 0 Å². The molecule has 0 aliphatic heterocycles. The van der Waals surface area contributed by atoms with Gasteiger partial charge in [-0.2, -0.15) is 17.9 Å². The molecule has 0 heterocycles. The zero-order valence-corrected chi connectivity index (χ0v) is 16.1. The van der Waals surface area contributed by atoms with E-state index in [1.807, 2.05) is 0 Å². The van der Waals surface area contributed by atoms with Crippen LogP contribution in [0.1, 0.15) is 19.4 Å². The van der Waals surface area contributed by atoms with E-state index in [0.29, 0.717) is 5.02 Å². The summed E-state index contributed by atoms with van der Waals surface area (Å²) in [6.45, 7) is 3.04. The Hall–Kier alpha value is -1.75. The number of hydrogen-bond acceptors (Lipinski definition) is 6. The van der Waals surface area contributed by atoms with Crippen molar-refractivity contribution in [3.8, 4) is 6.07 Å². The molecule has 6 nitrogen and oxygen atoms in total. The number of hydrogen-bond donors (Lipinski definition) is 2. The summed E-state index contributed by atoms with van der Waals surface area (Å²) in [7, 11) is 1.48. The van der Waals surface area contributed by atoms with Crippen molar-refractivity contribution in [2.24, 2.45) is 5.73 Å². The topological polar surface area (TPSA) is 96.4 Å². The molecule has 136 valence electrons. The first-order valence-electron chi connectivity index (χ1n) is 7.60. The van der Waals surface area contributed by atoms with Crippen LogP contribution in [0.2, 0.25) is 5.02 Å². The minimum Gasteiger partial charge on any atom is -0.449 e. The van der Waals surface area contributed by atoms with Gasteiger partial charge in [-0.1, -0.05) is 23.7 Å². The molecule has 25 heavy (non-hydrogen) atoms. The molecule has 2 N–H and O–H groups in total. The Morgan fingerprint density at radius 1 is 1.48 bits per heavy atom. The van der Waals surface area contributed by atoms with Crippen LogP contribution >= 0.6 is 24.2 Å². The predicted molar refractivity (Wildman–Crippen MR) is 99.3 cm³/mol. The molecule has 0 spiro atoms.